The van der Waals surface area contributed by atoms with Gasteiger partial charge in [-0.1, -0.05) is 52.3 Å². The second kappa shape index (κ2) is 26.1. The highest BCUT2D eigenvalue weighted by atomic mass is 79.9. The fourth-order valence-electron chi connectivity index (χ4n) is 11.9. The van der Waals surface area contributed by atoms with Gasteiger partial charge in [0.05, 0.1) is 33.6 Å². The van der Waals surface area contributed by atoms with Gasteiger partial charge in [0.25, 0.3) is 0 Å². The summed E-state index contributed by atoms with van der Waals surface area (Å²) in [6.45, 7) is 39.2. The maximum absolute atomic E-state index is 12.5. The Hall–Kier alpha value is -5.66. The molecule has 9 heterocycles. The molecular weight excluding hydrogens is 1120 g/mol. The van der Waals surface area contributed by atoms with Crippen LogP contribution in [0.15, 0.2) is 102 Å². The van der Waals surface area contributed by atoms with Crippen molar-refractivity contribution in [1.82, 2.24) is 38.8 Å². The van der Waals surface area contributed by atoms with E-state index in [0.29, 0.717) is 44.2 Å². The molecule has 0 unspecified atom stereocenters. The standard InChI is InChI=1S/C30H41N5O2.C22H33BN4O4.C14H20BrN/c1-22(2)32-14-11-25(12-15-32)23-6-8-24(9-7-23)26-20-28-27(10-13-31-35(28)21-26)33-16-18-34(19-17-33)29(36)37-30(3,4)5;1-20(2,3)29-19(28)26-12-10-25(11-13-26)17-8-9-24-27-15-16(14-18(17)27)23-30-21(4,5)22(6,7)31-23;1-11(2)16-9-7-13(8-10-16)12-3-5-14(15)6-4-12/h6-10,13,20-22,25H,11-12,14-19H2,1-5H3;8-9,14-15H,10-13H2,1-7H3;3-6,11,13H,7-10H2,1-2H3. The van der Waals surface area contributed by atoms with Crippen LogP contribution < -0.4 is 15.3 Å². The van der Waals surface area contributed by atoms with Crippen LogP contribution in [-0.2, 0) is 18.8 Å². The molecule has 0 spiro atoms. The van der Waals surface area contributed by atoms with Crippen LogP contribution in [0.3, 0.4) is 0 Å². The summed E-state index contributed by atoms with van der Waals surface area (Å²) in [5.41, 5.74) is 8.89. The summed E-state index contributed by atoms with van der Waals surface area (Å²) in [4.78, 5) is 38.2. The molecule has 2 amide bonds. The van der Waals surface area contributed by atoms with Crippen LogP contribution in [0.1, 0.15) is 146 Å². The molecule has 5 aliphatic heterocycles. The molecule has 18 heteroatoms. The number of benzene rings is 2. The summed E-state index contributed by atoms with van der Waals surface area (Å²) in [7, 11) is -0.427. The van der Waals surface area contributed by atoms with Crippen molar-refractivity contribution in [2.45, 2.75) is 169 Å². The molecule has 2 aromatic carbocycles. The van der Waals surface area contributed by atoms with E-state index in [9.17, 15) is 9.59 Å². The molecule has 0 aliphatic carbocycles. The number of fused-ring (bicyclic) bond motifs is 2. The number of hydrogen-bond acceptors (Lipinski definition) is 12. The summed E-state index contributed by atoms with van der Waals surface area (Å²) in [6.07, 6.45) is 12.4. The highest BCUT2D eigenvalue weighted by Crippen LogP contribution is 2.38. The monoisotopic (exact) mass is 1210 g/mol. The molecule has 16 nitrogen and oxygen atoms in total. The molecule has 4 aromatic heterocycles. The third-order valence-electron chi connectivity index (χ3n) is 17.6. The van der Waals surface area contributed by atoms with Gasteiger partial charge in [-0.3, -0.25) is 0 Å². The number of carbonyl (C=O) groups is 2. The number of nitrogens with zero attached hydrogens (tertiary/aromatic N) is 10. The van der Waals surface area contributed by atoms with E-state index >= 15 is 0 Å². The van der Waals surface area contributed by atoms with E-state index in [2.05, 4.69) is 174 Å². The molecule has 84 heavy (non-hydrogen) atoms. The van der Waals surface area contributed by atoms with Gasteiger partial charge in [0.1, 0.15) is 11.2 Å². The molecule has 0 saturated carbocycles. The normalized spacial score (nSPS) is 19.4. The first-order chi connectivity index (χ1) is 39.7. The van der Waals surface area contributed by atoms with Crippen molar-refractivity contribution in [2.75, 3.05) is 88.3 Å². The van der Waals surface area contributed by atoms with Crippen molar-refractivity contribution < 1.29 is 28.4 Å². The number of piperazine rings is 2. The average molecular weight is 1210 g/mol. The van der Waals surface area contributed by atoms with Crippen LogP contribution in [0, 0.1) is 0 Å². The maximum Gasteiger partial charge on any atom is 0.496 e. The fraction of sp³-hybridized carbons (Fsp3) is 0.576. The summed E-state index contributed by atoms with van der Waals surface area (Å²) < 4.78 is 28.5. The average Bonchev–Trinajstić information content (AvgIpc) is 1.86. The second-order valence-corrected chi connectivity index (χ2v) is 28.0. The van der Waals surface area contributed by atoms with Gasteiger partial charge in [-0.05, 0) is 214 Å². The first kappa shape index (κ1) is 62.9. The molecular formula is C66H94BBrN10O6. The molecule has 0 N–H and O–H groups in total. The lowest BCUT2D eigenvalue weighted by molar-refractivity contribution is 0.00578. The Morgan fingerprint density at radius 1 is 0.548 bits per heavy atom. The number of halogens is 1. The topological polar surface area (TPSA) is 125 Å². The van der Waals surface area contributed by atoms with E-state index in [1.165, 1.54) is 78.6 Å². The first-order valence-corrected chi connectivity index (χ1v) is 31.6. The molecule has 0 bridgehead atoms. The van der Waals surface area contributed by atoms with Crippen molar-refractivity contribution in [1.29, 1.82) is 0 Å². The number of aromatic nitrogens is 4. The van der Waals surface area contributed by atoms with Gasteiger partial charge in [-0.25, -0.2) is 18.6 Å². The molecule has 11 rings (SSSR count). The lowest BCUT2D eigenvalue weighted by atomic mass is 9.81. The Kier molecular flexibility index (Phi) is 19.6. The highest BCUT2D eigenvalue weighted by molar-refractivity contribution is 9.10. The van der Waals surface area contributed by atoms with E-state index in [4.69, 9.17) is 18.8 Å². The number of ether oxygens (including phenoxy) is 2. The van der Waals surface area contributed by atoms with E-state index in [1.807, 2.05) is 69.0 Å². The van der Waals surface area contributed by atoms with Crippen molar-refractivity contribution in [3.05, 3.63) is 113 Å². The number of piperidine rings is 2. The van der Waals surface area contributed by atoms with Gasteiger partial charge in [-0.15, -0.1) is 0 Å². The number of hydrogen-bond donors (Lipinski definition) is 0. The third kappa shape index (κ3) is 15.5. The van der Waals surface area contributed by atoms with Crippen LogP contribution in [0.4, 0.5) is 21.0 Å². The van der Waals surface area contributed by atoms with Crippen LogP contribution in [0.5, 0.6) is 0 Å². The van der Waals surface area contributed by atoms with Gasteiger partial charge in [0.15, 0.2) is 0 Å². The second-order valence-electron chi connectivity index (χ2n) is 27.1. The summed E-state index contributed by atoms with van der Waals surface area (Å²) in [5, 5.41) is 9.06. The van der Waals surface area contributed by atoms with Crippen LogP contribution in [0.25, 0.3) is 22.2 Å². The van der Waals surface area contributed by atoms with Crippen molar-refractivity contribution in [2.24, 2.45) is 0 Å². The van der Waals surface area contributed by atoms with E-state index in [0.717, 1.165) is 60.0 Å². The molecule has 5 aliphatic rings. The molecule has 6 aromatic rings. The first-order valence-electron chi connectivity index (χ1n) is 30.8. The minimum atomic E-state index is -0.485. The summed E-state index contributed by atoms with van der Waals surface area (Å²) >= 11 is 3.49. The van der Waals surface area contributed by atoms with Crippen LogP contribution in [0.2, 0.25) is 0 Å². The molecule has 5 fully saturated rings. The number of likely N-dealkylation sites (tertiary alicyclic amines) is 2. The Bertz CT molecular complexity index is 3120. The fourth-order valence-corrected chi connectivity index (χ4v) is 12.2. The number of anilines is 2. The quantitative estimate of drug-likeness (QED) is 0.135. The van der Waals surface area contributed by atoms with Gasteiger partial charge >= 0.3 is 19.3 Å². The SMILES string of the molecule is CC(C)(C)OC(=O)N1CCN(c2ccnn3cc(B4OC(C)(C)C(C)(C)O4)cc23)CC1.CC(C)N1CCC(c2ccc(-c3cc4c(N5CCN(C(=O)OC(C)(C)C)CC5)ccnn4c3)cc2)CC1.CC(C)N1CCC(c2ccc(Br)cc2)CC1. The molecule has 454 valence electrons. The molecule has 0 radical (unpaired) electrons. The van der Waals surface area contributed by atoms with Gasteiger partial charge in [0, 0.05) is 105 Å². The van der Waals surface area contributed by atoms with E-state index < -0.39 is 18.3 Å². The summed E-state index contributed by atoms with van der Waals surface area (Å²) in [6, 6.07) is 27.8. The Balaban J connectivity index is 0.000000162. The largest absolute Gasteiger partial charge is 0.496 e. The lowest BCUT2D eigenvalue weighted by Gasteiger charge is -2.36. The lowest BCUT2D eigenvalue weighted by Crippen LogP contribution is -2.50. The van der Waals surface area contributed by atoms with E-state index in [-0.39, 0.29) is 23.4 Å². The predicted octanol–water partition coefficient (Wildman–Crippen LogP) is 12.4. The number of carbonyl (C=O) groups excluding carboxylic acids is 2. The highest BCUT2D eigenvalue weighted by Gasteiger charge is 2.52. The Morgan fingerprint density at radius 3 is 1.35 bits per heavy atom. The van der Waals surface area contributed by atoms with Crippen molar-refractivity contribution in [3.63, 3.8) is 0 Å². The van der Waals surface area contributed by atoms with Gasteiger partial charge in [-0.2, -0.15) is 10.2 Å². The minimum Gasteiger partial charge on any atom is -0.444 e. The zero-order chi connectivity index (χ0) is 60.3. The van der Waals surface area contributed by atoms with Crippen LogP contribution >= 0.6 is 15.9 Å². The zero-order valence-electron chi connectivity index (χ0n) is 52.7. The number of rotatable bonds is 8. The number of amides is 2. The third-order valence-corrected chi connectivity index (χ3v) is 18.2. The van der Waals surface area contributed by atoms with Crippen molar-refractivity contribution in [3.8, 4) is 11.1 Å². The Labute approximate surface area is 509 Å². The smallest absolute Gasteiger partial charge is 0.444 e. The molecule has 5 saturated heterocycles. The van der Waals surface area contributed by atoms with Crippen LogP contribution in [-0.4, -0.2) is 171 Å². The predicted molar refractivity (Wildman–Crippen MR) is 343 cm³/mol. The molecule has 0 atom stereocenters. The summed E-state index contributed by atoms with van der Waals surface area (Å²) in [5.74, 6) is 1.42. The zero-order valence-corrected chi connectivity index (χ0v) is 54.3. The minimum absolute atomic E-state index is 0.231. The van der Waals surface area contributed by atoms with Gasteiger partial charge in [0.2, 0.25) is 0 Å². The van der Waals surface area contributed by atoms with Gasteiger partial charge < -0.3 is 48.2 Å². The maximum atomic E-state index is 12.5. The van der Waals surface area contributed by atoms with E-state index in [1.54, 1.807) is 16.0 Å². The Morgan fingerprint density at radius 2 is 0.940 bits per heavy atom. The van der Waals surface area contributed by atoms with Crippen molar-refractivity contribution >= 4 is 63.1 Å².